The summed E-state index contributed by atoms with van der Waals surface area (Å²) in [7, 11) is 1.51. The largest absolute Gasteiger partial charge is 0.495 e. The van der Waals surface area contributed by atoms with Crippen LogP contribution >= 0.6 is 0 Å². The topological polar surface area (TPSA) is 133 Å². The lowest BCUT2D eigenvalue weighted by Gasteiger charge is -2.11. The normalized spacial score (nSPS) is 12.1. The number of hydrogen-bond donors (Lipinski definition) is 3. The second-order valence-corrected chi connectivity index (χ2v) is 9.32. The predicted octanol–water partition coefficient (Wildman–Crippen LogP) is 5.32. The van der Waals surface area contributed by atoms with Crippen molar-refractivity contribution in [1.82, 2.24) is 25.3 Å². The van der Waals surface area contributed by atoms with E-state index in [9.17, 15) is 18.0 Å². The summed E-state index contributed by atoms with van der Waals surface area (Å²) >= 11 is 0. The van der Waals surface area contributed by atoms with E-state index < -0.39 is 17.9 Å². The van der Waals surface area contributed by atoms with Crippen molar-refractivity contribution in [2.45, 2.75) is 25.7 Å². The number of anilines is 2. The van der Waals surface area contributed by atoms with Gasteiger partial charge in [0, 0.05) is 12.6 Å². The van der Waals surface area contributed by atoms with Gasteiger partial charge in [-0.1, -0.05) is 53.6 Å². The van der Waals surface area contributed by atoms with E-state index in [2.05, 4.69) is 25.9 Å². The summed E-state index contributed by atoms with van der Waals surface area (Å²) in [6.45, 7) is 1.67. The third-order valence-corrected chi connectivity index (χ3v) is 6.23. The Morgan fingerprint density at radius 3 is 2.52 bits per heavy atom. The number of rotatable bonds is 9. The molecule has 4 N–H and O–H groups in total. The number of alkyl halides is 3. The van der Waals surface area contributed by atoms with E-state index in [1.807, 2.05) is 42.5 Å². The van der Waals surface area contributed by atoms with Gasteiger partial charge < -0.3 is 25.5 Å². The number of nitrogens with one attached hydrogen (secondary N) is 2. The zero-order chi connectivity index (χ0) is 29.9. The molecular formula is C29H26F3N7O3. The maximum absolute atomic E-state index is 13.7. The Balaban J connectivity index is 1.47. The molecule has 5 rings (SSSR count). The minimum absolute atomic E-state index is 0.0674. The molecule has 0 aliphatic carbocycles. The quantitative estimate of drug-likeness (QED) is 0.214. The molecule has 42 heavy (non-hydrogen) atoms. The molecule has 3 aromatic carbocycles. The first-order chi connectivity index (χ1) is 20.1. The van der Waals surface area contributed by atoms with Gasteiger partial charge in [0.05, 0.1) is 24.5 Å². The van der Waals surface area contributed by atoms with Crippen molar-refractivity contribution in [1.29, 1.82) is 0 Å². The first-order valence-electron chi connectivity index (χ1n) is 12.8. The number of ether oxygens (including phenoxy) is 1. The highest BCUT2D eigenvalue weighted by Gasteiger charge is 2.36. The summed E-state index contributed by atoms with van der Waals surface area (Å²) in [6, 6.07) is 21.7. The van der Waals surface area contributed by atoms with Crippen LogP contribution in [0.3, 0.4) is 0 Å². The molecule has 0 radical (unpaired) electrons. The van der Waals surface area contributed by atoms with Gasteiger partial charge in [-0.05, 0) is 47.9 Å². The van der Waals surface area contributed by atoms with Gasteiger partial charge in [0.15, 0.2) is 5.69 Å². The van der Waals surface area contributed by atoms with Crippen LogP contribution in [0.1, 0.15) is 18.2 Å². The molecule has 1 amide bonds. The molecule has 0 fully saturated rings. The number of amides is 1. The average molecular weight is 578 g/mol. The smallest absolute Gasteiger partial charge is 0.435 e. The molecule has 2 aromatic heterocycles. The molecule has 0 saturated heterocycles. The van der Waals surface area contributed by atoms with Crippen LogP contribution in [0.5, 0.6) is 5.75 Å². The number of carbonyl (C=O) groups excluding carboxylic acids is 1. The standard InChI is InChI=1S/C29H26F3N7O3/c1-17(33)26(40)34-16-18-7-6-10-21(13-18)39-23(15-25(38-39)29(30,31)32)27-36-37-28(42-27)35-22-14-20(11-12-24(22)41-2)19-8-4-3-5-9-19/h3-15,17H,16,33H2,1-2H3,(H,34,40)(H,35,37)/t17-/m0/s1. The molecule has 2 heterocycles. The summed E-state index contributed by atoms with van der Waals surface area (Å²) in [6.07, 6.45) is -4.73. The molecule has 0 bridgehead atoms. The van der Waals surface area contributed by atoms with Crippen molar-refractivity contribution < 1.29 is 27.1 Å². The lowest BCUT2D eigenvalue weighted by atomic mass is 10.0. The second kappa shape index (κ2) is 11.7. The zero-order valence-corrected chi connectivity index (χ0v) is 22.5. The van der Waals surface area contributed by atoms with Crippen molar-refractivity contribution in [3.8, 4) is 34.1 Å². The van der Waals surface area contributed by atoms with Gasteiger partial charge in [0.2, 0.25) is 5.91 Å². The van der Waals surface area contributed by atoms with Crippen LogP contribution in [-0.2, 0) is 17.5 Å². The van der Waals surface area contributed by atoms with Gasteiger partial charge in [0.25, 0.3) is 5.89 Å². The lowest BCUT2D eigenvalue weighted by molar-refractivity contribution is -0.141. The van der Waals surface area contributed by atoms with Gasteiger partial charge in [-0.25, -0.2) is 4.68 Å². The summed E-state index contributed by atoms with van der Waals surface area (Å²) in [5.74, 6) is -0.0718. The van der Waals surface area contributed by atoms with Crippen LogP contribution < -0.4 is 21.1 Å². The molecule has 5 aromatic rings. The van der Waals surface area contributed by atoms with Gasteiger partial charge >= 0.3 is 12.2 Å². The molecule has 0 unspecified atom stereocenters. The Morgan fingerprint density at radius 1 is 1.02 bits per heavy atom. The molecule has 10 nitrogen and oxygen atoms in total. The monoisotopic (exact) mass is 577 g/mol. The Morgan fingerprint density at radius 2 is 1.81 bits per heavy atom. The third kappa shape index (κ3) is 6.25. The number of aromatic nitrogens is 4. The minimum atomic E-state index is -4.73. The van der Waals surface area contributed by atoms with Gasteiger partial charge in [-0.15, -0.1) is 5.10 Å². The van der Waals surface area contributed by atoms with Crippen LogP contribution in [0, 0.1) is 0 Å². The molecule has 0 aliphatic heterocycles. The number of methoxy groups -OCH3 is 1. The van der Waals surface area contributed by atoms with E-state index in [1.54, 1.807) is 37.3 Å². The van der Waals surface area contributed by atoms with Gasteiger partial charge in [-0.2, -0.15) is 18.3 Å². The van der Waals surface area contributed by atoms with Crippen molar-refractivity contribution in [2.75, 3.05) is 12.4 Å². The fourth-order valence-electron chi connectivity index (χ4n) is 4.13. The van der Waals surface area contributed by atoms with Crippen LogP contribution in [0.25, 0.3) is 28.4 Å². The van der Waals surface area contributed by atoms with E-state index >= 15 is 0 Å². The number of hydrogen-bond acceptors (Lipinski definition) is 8. The number of halogens is 3. The van der Waals surface area contributed by atoms with Gasteiger partial charge in [-0.3, -0.25) is 4.79 Å². The van der Waals surface area contributed by atoms with Crippen molar-refractivity contribution in [3.63, 3.8) is 0 Å². The average Bonchev–Trinajstić information content (AvgIpc) is 3.64. The molecular weight excluding hydrogens is 551 g/mol. The van der Waals surface area contributed by atoms with Crippen molar-refractivity contribution in [2.24, 2.45) is 5.73 Å². The maximum Gasteiger partial charge on any atom is 0.435 e. The summed E-state index contributed by atoms with van der Waals surface area (Å²) < 4.78 is 53.4. The SMILES string of the molecule is COc1ccc(-c2ccccc2)cc1Nc1nnc(-c2cc(C(F)(F)F)nn2-c2cccc(CNC(=O)[C@H](C)N)c2)o1. The van der Waals surface area contributed by atoms with Crippen molar-refractivity contribution in [3.05, 3.63) is 90.1 Å². The summed E-state index contributed by atoms with van der Waals surface area (Å²) in [5, 5.41) is 17.4. The lowest BCUT2D eigenvalue weighted by Crippen LogP contribution is -2.37. The molecule has 0 saturated carbocycles. The number of carbonyl (C=O) groups is 1. The summed E-state index contributed by atoms with van der Waals surface area (Å²) in [4.78, 5) is 11.9. The number of nitrogens with two attached hydrogens (primary N) is 1. The first kappa shape index (κ1) is 28.4. The summed E-state index contributed by atoms with van der Waals surface area (Å²) in [5.41, 5.74) is 7.65. The van der Waals surface area contributed by atoms with Crippen LogP contribution in [0.15, 0.2) is 83.3 Å². The third-order valence-electron chi connectivity index (χ3n) is 6.23. The highest BCUT2D eigenvalue weighted by molar-refractivity contribution is 5.81. The Bertz CT molecular complexity index is 1700. The molecule has 13 heteroatoms. The number of benzene rings is 3. The molecule has 0 aliphatic rings. The minimum Gasteiger partial charge on any atom is -0.495 e. The molecule has 216 valence electrons. The zero-order valence-electron chi connectivity index (χ0n) is 22.5. The van der Waals surface area contributed by atoms with E-state index in [-0.39, 0.29) is 35.7 Å². The van der Waals surface area contributed by atoms with Crippen LogP contribution in [0.4, 0.5) is 24.9 Å². The number of nitrogens with zero attached hydrogens (tertiary/aromatic N) is 4. The van der Waals surface area contributed by atoms with E-state index in [0.29, 0.717) is 17.0 Å². The highest BCUT2D eigenvalue weighted by atomic mass is 19.4. The second-order valence-electron chi connectivity index (χ2n) is 9.32. The predicted molar refractivity (Wildman–Crippen MR) is 149 cm³/mol. The Labute approximate surface area is 238 Å². The van der Waals surface area contributed by atoms with E-state index in [0.717, 1.165) is 21.9 Å². The molecule has 0 spiro atoms. The van der Waals surface area contributed by atoms with Crippen LogP contribution in [0.2, 0.25) is 0 Å². The Hall–Kier alpha value is -5.17. The molecule has 1 atom stereocenters. The maximum atomic E-state index is 13.7. The van der Waals surface area contributed by atoms with E-state index in [1.165, 1.54) is 7.11 Å². The van der Waals surface area contributed by atoms with E-state index in [4.69, 9.17) is 14.9 Å². The highest BCUT2D eigenvalue weighted by Crippen LogP contribution is 2.35. The fraction of sp³-hybridized carbons (Fsp3) is 0.172. The van der Waals surface area contributed by atoms with Gasteiger partial charge in [0.1, 0.15) is 11.4 Å². The van der Waals surface area contributed by atoms with Crippen LogP contribution in [-0.4, -0.2) is 39.0 Å². The Kier molecular flexibility index (Phi) is 7.93. The van der Waals surface area contributed by atoms with Crippen molar-refractivity contribution >= 4 is 17.6 Å². The fourth-order valence-corrected chi connectivity index (χ4v) is 4.13. The first-order valence-corrected chi connectivity index (χ1v) is 12.8.